The maximum absolute atomic E-state index is 11.2. The number of rotatable bonds is 9. The van der Waals surface area contributed by atoms with E-state index in [2.05, 4.69) is 22.9 Å². The van der Waals surface area contributed by atoms with Gasteiger partial charge in [-0.15, -0.1) is 0 Å². The molecule has 90 valence electrons. The zero-order valence-electron chi connectivity index (χ0n) is 9.58. The molecule has 0 aliphatic heterocycles. The summed E-state index contributed by atoms with van der Waals surface area (Å²) in [7, 11) is 0. The Labute approximate surface area is 101 Å². The molecule has 0 amide bonds. The molecule has 3 nitrogen and oxygen atoms in total. The average molecular weight is 280 g/mol. The number of carbonyl (C=O) groups is 1. The Balaban J connectivity index is 3.20. The first-order chi connectivity index (χ1) is 7.22. The van der Waals surface area contributed by atoms with Gasteiger partial charge < -0.3 is 0 Å². The van der Waals surface area contributed by atoms with Gasteiger partial charge in [0.1, 0.15) is 0 Å². The van der Waals surface area contributed by atoms with Crippen LogP contribution in [0.25, 0.3) is 0 Å². The molecule has 0 radical (unpaired) electrons. The Bertz CT molecular complexity index is 165. The number of carbonyl (C=O) groups excluding carboxylic acids is 1. The minimum absolute atomic E-state index is 0.274. The molecule has 0 saturated heterocycles. The molecule has 0 fully saturated rings. The Hall–Kier alpha value is -0.0505. The standard InChI is InChI=1S/C11H23NO2Se/c1-2-3-4-5-6-7-8-14-11(13)10(12)9-15/h10,15H,2-9,12H2,1H3/t10-/m0/s1. The molecule has 0 heterocycles. The summed E-state index contributed by atoms with van der Waals surface area (Å²) < 4.78 is 5.03. The van der Waals surface area contributed by atoms with Crippen LogP contribution in [0.5, 0.6) is 0 Å². The van der Waals surface area contributed by atoms with Crippen molar-refractivity contribution in [3.63, 3.8) is 0 Å². The zero-order chi connectivity index (χ0) is 11.5. The van der Waals surface area contributed by atoms with Crippen molar-refractivity contribution in [2.24, 2.45) is 5.73 Å². The molecule has 1 atom stereocenters. The van der Waals surface area contributed by atoms with Gasteiger partial charge >= 0.3 is 101 Å². The molecular formula is C11H23NO2Se. The first kappa shape index (κ1) is 14.9. The second-order valence-corrected chi connectivity index (χ2v) is 4.49. The quantitative estimate of drug-likeness (QED) is 0.396. The van der Waals surface area contributed by atoms with Gasteiger partial charge in [-0.05, 0) is 0 Å². The summed E-state index contributed by atoms with van der Waals surface area (Å²) in [6.45, 7) is 2.72. The number of hydrogen-bond acceptors (Lipinski definition) is 3. The molecule has 0 aromatic rings. The van der Waals surface area contributed by atoms with Crippen molar-refractivity contribution in [2.45, 2.75) is 56.8 Å². The third kappa shape index (κ3) is 8.91. The second kappa shape index (κ2) is 10.5. The van der Waals surface area contributed by atoms with E-state index >= 15 is 0 Å². The monoisotopic (exact) mass is 281 g/mol. The predicted octanol–water partition coefficient (Wildman–Crippen LogP) is 1.54. The van der Waals surface area contributed by atoms with Gasteiger partial charge in [0.2, 0.25) is 0 Å². The van der Waals surface area contributed by atoms with Crippen molar-refractivity contribution < 1.29 is 9.53 Å². The predicted molar refractivity (Wildman–Crippen MR) is 64.3 cm³/mol. The molecule has 0 saturated carbocycles. The summed E-state index contributed by atoms with van der Waals surface area (Å²) in [5, 5.41) is 0.586. The van der Waals surface area contributed by atoms with Crippen molar-refractivity contribution in [1.82, 2.24) is 0 Å². The van der Waals surface area contributed by atoms with Crippen LogP contribution in [0, 0.1) is 0 Å². The Morgan fingerprint density at radius 3 is 2.47 bits per heavy atom. The second-order valence-electron chi connectivity index (χ2n) is 3.72. The maximum atomic E-state index is 11.2. The van der Waals surface area contributed by atoms with E-state index in [0.717, 1.165) is 12.8 Å². The van der Waals surface area contributed by atoms with Gasteiger partial charge in [-0.3, -0.25) is 0 Å². The van der Waals surface area contributed by atoms with E-state index in [4.69, 9.17) is 10.5 Å². The van der Waals surface area contributed by atoms with Gasteiger partial charge in [0.05, 0.1) is 0 Å². The van der Waals surface area contributed by atoms with Crippen LogP contribution in [0.4, 0.5) is 0 Å². The van der Waals surface area contributed by atoms with Crippen molar-refractivity contribution >= 4 is 22.0 Å². The van der Waals surface area contributed by atoms with Gasteiger partial charge in [-0.1, -0.05) is 0 Å². The van der Waals surface area contributed by atoms with Crippen LogP contribution < -0.4 is 5.73 Å². The van der Waals surface area contributed by atoms with E-state index in [9.17, 15) is 4.79 Å². The van der Waals surface area contributed by atoms with Crippen molar-refractivity contribution in [3.05, 3.63) is 0 Å². The van der Waals surface area contributed by atoms with Gasteiger partial charge in [0.25, 0.3) is 0 Å². The van der Waals surface area contributed by atoms with Crippen LogP contribution in [-0.4, -0.2) is 34.6 Å². The van der Waals surface area contributed by atoms with E-state index in [1.807, 2.05) is 0 Å². The van der Waals surface area contributed by atoms with Crippen molar-refractivity contribution in [2.75, 3.05) is 6.61 Å². The number of esters is 1. The topological polar surface area (TPSA) is 52.3 Å². The SMILES string of the molecule is CCCCCCCCOC(=O)[C@@H](N)C[SeH]. The molecule has 0 spiro atoms. The number of ether oxygens (including phenoxy) is 1. The minimum atomic E-state index is -0.468. The molecule has 0 bridgehead atoms. The molecule has 0 rings (SSSR count). The van der Waals surface area contributed by atoms with E-state index in [1.165, 1.54) is 25.7 Å². The molecule has 15 heavy (non-hydrogen) atoms. The number of unbranched alkanes of at least 4 members (excludes halogenated alkanes) is 5. The Morgan fingerprint density at radius 2 is 1.87 bits per heavy atom. The normalized spacial score (nSPS) is 12.5. The Morgan fingerprint density at radius 1 is 1.27 bits per heavy atom. The third-order valence-electron chi connectivity index (χ3n) is 2.24. The third-order valence-corrected chi connectivity index (χ3v) is 3.07. The van der Waals surface area contributed by atoms with Gasteiger partial charge in [-0.25, -0.2) is 0 Å². The van der Waals surface area contributed by atoms with Crippen LogP contribution in [0.3, 0.4) is 0 Å². The number of nitrogens with two attached hydrogens (primary N) is 1. The van der Waals surface area contributed by atoms with Crippen molar-refractivity contribution in [3.8, 4) is 0 Å². The molecule has 4 heteroatoms. The first-order valence-electron chi connectivity index (χ1n) is 5.75. The molecule has 2 N–H and O–H groups in total. The van der Waals surface area contributed by atoms with Crippen LogP contribution in [-0.2, 0) is 9.53 Å². The first-order valence-corrected chi connectivity index (χ1v) is 7.08. The average Bonchev–Trinajstić information content (AvgIpc) is 2.26. The molecule has 0 unspecified atom stereocenters. The van der Waals surface area contributed by atoms with Crippen LogP contribution >= 0.6 is 0 Å². The molecule has 0 aromatic carbocycles. The van der Waals surface area contributed by atoms with Crippen molar-refractivity contribution in [1.29, 1.82) is 0 Å². The van der Waals surface area contributed by atoms with E-state index in [0.29, 0.717) is 11.9 Å². The molecular weight excluding hydrogens is 257 g/mol. The summed E-state index contributed by atoms with van der Waals surface area (Å²) in [4.78, 5) is 11.2. The van der Waals surface area contributed by atoms with Crippen LogP contribution in [0.2, 0.25) is 5.32 Å². The fraction of sp³-hybridized carbons (Fsp3) is 0.909. The summed E-state index contributed by atoms with van der Waals surface area (Å²) in [5.74, 6) is -0.274. The summed E-state index contributed by atoms with van der Waals surface area (Å²) in [5.41, 5.74) is 5.51. The van der Waals surface area contributed by atoms with E-state index in [1.54, 1.807) is 0 Å². The summed E-state index contributed by atoms with van der Waals surface area (Å²) >= 11 is 2.30. The fourth-order valence-corrected chi connectivity index (χ4v) is 1.55. The summed E-state index contributed by atoms with van der Waals surface area (Å²) in [6.07, 6.45) is 7.20. The fourth-order valence-electron chi connectivity index (χ4n) is 1.24. The zero-order valence-corrected chi connectivity index (χ0v) is 11.5. The van der Waals surface area contributed by atoms with Crippen LogP contribution in [0.1, 0.15) is 45.4 Å². The van der Waals surface area contributed by atoms with Gasteiger partial charge in [-0.2, -0.15) is 0 Å². The van der Waals surface area contributed by atoms with Gasteiger partial charge in [0.15, 0.2) is 0 Å². The van der Waals surface area contributed by atoms with Crippen LogP contribution in [0.15, 0.2) is 0 Å². The Kier molecular flexibility index (Phi) is 10.4. The van der Waals surface area contributed by atoms with E-state index < -0.39 is 6.04 Å². The molecule has 0 aromatic heterocycles. The van der Waals surface area contributed by atoms with E-state index in [-0.39, 0.29) is 5.97 Å². The van der Waals surface area contributed by atoms with Gasteiger partial charge in [0, 0.05) is 0 Å². The summed E-state index contributed by atoms with van der Waals surface area (Å²) in [6, 6.07) is -0.468. The number of hydrogen-bond donors (Lipinski definition) is 1. The molecule has 0 aliphatic rings. The molecule has 0 aliphatic carbocycles.